The van der Waals surface area contributed by atoms with Gasteiger partial charge in [-0.15, -0.1) is 0 Å². The van der Waals surface area contributed by atoms with Crippen LogP contribution in [0.25, 0.3) is 0 Å². The summed E-state index contributed by atoms with van der Waals surface area (Å²) >= 11 is 3.27. The predicted molar refractivity (Wildman–Crippen MR) is 45.6 cm³/mol. The zero-order valence-electron chi connectivity index (χ0n) is 5.68. The minimum absolute atomic E-state index is 0.889. The molecule has 53 valence electrons. The molecule has 1 nitrogen and oxygen atoms in total. The van der Waals surface area contributed by atoms with Gasteiger partial charge in [-0.25, -0.2) is 4.98 Å². The fourth-order valence-corrected chi connectivity index (χ4v) is 0.993. The maximum atomic E-state index is 4.09. The van der Waals surface area contributed by atoms with Crippen LogP contribution in [0, 0.1) is 6.92 Å². The van der Waals surface area contributed by atoms with Crippen molar-refractivity contribution < 1.29 is 0 Å². The average Bonchev–Trinajstić information content (AvgIpc) is 1.95. The van der Waals surface area contributed by atoms with Crippen LogP contribution in [0.5, 0.6) is 0 Å². The standard InChI is InChI=1S/C8H9BrN/c1-2-3-7-4-5-8(9)10-6-7/h4-6H,1-3H2. The molecule has 1 aromatic rings. The molecule has 0 saturated heterocycles. The van der Waals surface area contributed by atoms with Crippen LogP contribution in [0.15, 0.2) is 22.9 Å². The van der Waals surface area contributed by atoms with Crippen LogP contribution >= 0.6 is 15.9 Å². The van der Waals surface area contributed by atoms with Gasteiger partial charge < -0.3 is 0 Å². The first-order valence-corrected chi connectivity index (χ1v) is 4.02. The van der Waals surface area contributed by atoms with E-state index in [1.54, 1.807) is 0 Å². The summed E-state index contributed by atoms with van der Waals surface area (Å²) in [5.74, 6) is 0. The van der Waals surface area contributed by atoms with Crippen molar-refractivity contribution in [2.45, 2.75) is 12.8 Å². The Balaban J connectivity index is 2.69. The van der Waals surface area contributed by atoms with E-state index in [4.69, 9.17) is 0 Å². The SMILES string of the molecule is [CH2]CCc1ccc(Br)nc1. The summed E-state index contributed by atoms with van der Waals surface area (Å²) in [6.07, 6.45) is 3.82. The van der Waals surface area contributed by atoms with E-state index in [9.17, 15) is 0 Å². The zero-order valence-corrected chi connectivity index (χ0v) is 7.26. The van der Waals surface area contributed by atoms with Crippen molar-refractivity contribution in [2.24, 2.45) is 0 Å². The molecule has 0 amide bonds. The van der Waals surface area contributed by atoms with Crippen molar-refractivity contribution >= 4 is 15.9 Å². The Morgan fingerprint density at radius 3 is 2.80 bits per heavy atom. The first kappa shape index (κ1) is 7.73. The lowest BCUT2D eigenvalue weighted by molar-refractivity contribution is 0.982. The van der Waals surface area contributed by atoms with Crippen molar-refractivity contribution in [2.75, 3.05) is 0 Å². The fraction of sp³-hybridized carbons (Fsp3) is 0.250. The number of aromatic nitrogens is 1. The van der Waals surface area contributed by atoms with Crippen molar-refractivity contribution in [3.63, 3.8) is 0 Å². The van der Waals surface area contributed by atoms with Gasteiger partial charge in [0.15, 0.2) is 0 Å². The second-order valence-corrected chi connectivity index (χ2v) is 2.91. The number of nitrogens with zero attached hydrogens (tertiary/aromatic N) is 1. The number of pyridine rings is 1. The number of halogens is 1. The molecule has 2 heteroatoms. The first-order chi connectivity index (χ1) is 4.83. The van der Waals surface area contributed by atoms with Crippen LogP contribution in [-0.2, 0) is 6.42 Å². The smallest absolute Gasteiger partial charge is 0.106 e. The Kier molecular flexibility index (Phi) is 2.87. The molecule has 10 heavy (non-hydrogen) atoms. The van der Waals surface area contributed by atoms with Crippen LogP contribution in [0.4, 0.5) is 0 Å². The number of hydrogen-bond acceptors (Lipinski definition) is 1. The topological polar surface area (TPSA) is 12.9 Å². The van der Waals surface area contributed by atoms with E-state index in [0.29, 0.717) is 0 Å². The van der Waals surface area contributed by atoms with Gasteiger partial charge in [-0.3, -0.25) is 0 Å². The molecule has 0 unspecified atom stereocenters. The Morgan fingerprint density at radius 1 is 1.50 bits per heavy atom. The summed E-state index contributed by atoms with van der Waals surface area (Å²) in [6, 6.07) is 4.01. The highest BCUT2D eigenvalue weighted by Gasteiger charge is 1.90. The molecule has 0 saturated carbocycles. The Bertz CT molecular complexity index is 193. The van der Waals surface area contributed by atoms with Crippen molar-refractivity contribution in [3.8, 4) is 0 Å². The second-order valence-electron chi connectivity index (χ2n) is 2.09. The number of hydrogen-bond donors (Lipinski definition) is 0. The van der Waals surface area contributed by atoms with E-state index in [-0.39, 0.29) is 0 Å². The lowest BCUT2D eigenvalue weighted by Gasteiger charge is -1.95. The molecule has 0 aromatic carbocycles. The molecule has 0 atom stereocenters. The van der Waals surface area contributed by atoms with Crippen LogP contribution in [0.1, 0.15) is 12.0 Å². The number of rotatable bonds is 2. The van der Waals surface area contributed by atoms with Gasteiger partial charge in [-0.2, -0.15) is 0 Å². The van der Waals surface area contributed by atoms with Crippen LogP contribution in [-0.4, -0.2) is 4.98 Å². The maximum Gasteiger partial charge on any atom is 0.106 e. The monoisotopic (exact) mass is 198 g/mol. The van der Waals surface area contributed by atoms with Crippen LogP contribution in [0.3, 0.4) is 0 Å². The minimum atomic E-state index is 0.889. The molecule has 1 aromatic heterocycles. The highest BCUT2D eigenvalue weighted by Crippen LogP contribution is 2.07. The molecular weight excluding hydrogens is 190 g/mol. The van der Waals surface area contributed by atoms with Crippen LogP contribution < -0.4 is 0 Å². The first-order valence-electron chi connectivity index (χ1n) is 3.22. The molecule has 0 aliphatic carbocycles. The van der Waals surface area contributed by atoms with Gasteiger partial charge in [0.05, 0.1) is 0 Å². The van der Waals surface area contributed by atoms with E-state index in [1.807, 2.05) is 12.3 Å². The van der Waals surface area contributed by atoms with Gasteiger partial charge in [0, 0.05) is 6.20 Å². The zero-order chi connectivity index (χ0) is 7.40. The maximum absolute atomic E-state index is 4.09. The summed E-state index contributed by atoms with van der Waals surface area (Å²) in [4.78, 5) is 4.09. The number of aryl methyl sites for hydroxylation is 1. The fourth-order valence-electron chi connectivity index (χ4n) is 0.758. The third-order valence-electron chi connectivity index (χ3n) is 1.25. The van der Waals surface area contributed by atoms with E-state index < -0.39 is 0 Å². The van der Waals surface area contributed by atoms with Crippen molar-refractivity contribution in [1.29, 1.82) is 0 Å². The van der Waals surface area contributed by atoms with Crippen molar-refractivity contribution in [1.82, 2.24) is 4.98 Å². The van der Waals surface area contributed by atoms with Gasteiger partial charge in [-0.05, 0) is 40.4 Å². The van der Waals surface area contributed by atoms with Gasteiger partial charge in [-0.1, -0.05) is 13.0 Å². The summed E-state index contributed by atoms with van der Waals surface area (Å²) < 4.78 is 0.889. The highest BCUT2D eigenvalue weighted by molar-refractivity contribution is 9.10. The van der Waals surface area contributed by atoms with E-state index in [2.05, 4.69) is 33.9 Å². The Hall–Kier alpha value is -0.370. The molecule has 1 radical (unpaired) electrons. The average molecular weight is 199 g/mol. The third-order valence-corrected chi connectivity index (χ3v) is 1.72. The van der Waals surface area contributed by atoms with Gasteiger partial charge >= 0.3 is 0 Å². The summed E-state index contributed by atoms with van der Waals surface area (Å²) in [7, 11) is 0. The summed E-state index contributed by atoms with van der Waals surface area (Å²) in [5.41, 5.74) is 1.25. The molecule has 0 fully saturated rings. The second kappa shape index (κ2) is 3.71. The molecule has 0 spiro atoms. The van der Waals surface area contributed by atoms with E-state index in [1.165, 1.54) is 5.56 Å². The molecule has 0 N–H and O–H groups in total. The quantitative estimate of drug-likeness (QED) is 0.667. The third kappa shape index (κ3) is 2.10. The lowest BCUT2D eigenvalue weighted by atomic mass is 10.2. The molecule has 0 bridgehead atoms. The summed E-state index contributed by atoms with van der Waals surface area (Å²) in [6.45, 7) is 3.76. The highest BCUT2D eigenvalue weighted by atomic mass is 79.9. The Morgan fingerprint density at radius 2 is 2.30 bits per heavy atom. The minimum Gasteiger partial charge on any atom is -0.249 e. The van der Waals surface area contributed by atoms with Crippen molar-refractivity contribution in [3.05, 3.63) is 35.4 Å². The lowest BCUT2D eigenvalue weighted by Crippen LogP contribution is -1.83. The van der Waals surface area contributed by atoms with Gasteiger partial charge in [0.1, 0.15) is 4.60 Å². The molecule has 1 rings (SSSR count). The molecular formula is C8H9BrN. The molecule has 0 aliphatic heterocycles. The van der Waals surface area contributed by atoms with Gasteiger partial charge in [0.2, 0.25) is 0 Å². The van der Waals surface area contributed by atoms with E-state index in [0.717, 1.165) is 17.4 Å². The summed E-state index contributed by atoms with van der Waals surface area (Å²) in [5, 5.41) is 0. The molecule has 0 aliphatic rings. The largest absolute Gasteiger partial charge is 0.249 e. The molecule has 1 heterocycles. The Labute approximate surface area is 69.6 Å². The van der Waals surface area contributed by atoms with Crippen LogP contribution in [0.2, 0.25) is 0 Å². The normalized spacial score (nSPS) is 9.80. The van der Waals surface area contributed by atoms with E-state index >= 15 is 0 Å². The predicted octanol–water partition coefficient (Wildman–Crippen LogP) is 2.61. The van der Waals surface area contributed by atoms with Gasteiger partial charge in [0.25, 0.3) is 0 Å².